The molecule has 2 aliphatic rings. The third kappa shape index (κ3) is 1.69. The van der Waals surface area contributed by atoms with Gasteiger partial charge in [0.2, 0.25) is 0 Å². The summed E-state index contributed by atoms with van der Waals surface area (Å²) in [5.74, 6) is 1.86. The highest BCUT2D eigenvalue weighted by Gasteiger charge is 2.59. The topological polar surface area (TPSA) is 55.9 Å². The molecule has 20 heavy (non-hydrogen) atoms. The molecule has 3 N–H and O–H groups in total. The van der Waals surface area contributed by atoms with E-state index in [4.69, 9.17) is 5.73 Å². The van der Waals surface area contributed by atoms with Gasteiger partial charge in [-0.2, -0.15) is 5.10 Å². The van der Waals surface area contributed by atoms with Crippen molar-refractivity contribution >= 4 is 11.5 Å². The number of anilines is 2. The lowest BCUT2D eigenvalue weighted by atomic mass is 9.68. The van der Waals surface area contributed by atoms with Gasteiger partial charge in [-0.05, 0) is 49.9 Å². The maximum Gasteiger partial charge on any atom is 0.148 e. The van der Waals surface area contributed by atoms with Crippen molar-refractivity contribution in [3.8, 4) is 0 Å². The summed E-state index contributed by atoms with van der Waals surface area (Å²) in [5.41, 5.74) is 8.72. The summed E-state index contributed by atoms with van der Waals surface area (Å²) >= 11 is 0. The van der Waals surface area contributed by atoms with Crippen molar-refractivity contribution < 1.29 is 0 Å². The van der Waals surface area contributed by atoms with Crippen LogP contribution in [-0.2, 0) is 6.54 Å². The van der Waals surface area contributed by atoms with Crippen molar-refractivity contribution in [2.45, 2.75) is 66.5 Å². The highest BCUT2D eigenvalue weighted by molar-refractivity contribution is 5.65. The molecule has 3 atom stereocenters. The lowest BCUT2D eigenvalue weighted by Crippen LogP contribution is -2.46. The van der Waals surface area contributed by atoms with E-state index in [0.29, 0.717) is 16.9 Å². The summed E-state index contributed by atoms with van der Waals surface area (Å²) in [6, 6.07) is 0.484. The summed E-state index contributed by atoms with van der Waals surface area (Å²) in [6.45, 7) is 12.2. The van der Waals surface area contributed by atoms with Crippen LogP contribution >= 0.6 is 0 Å². The number of fused-ring (bicyclic) bond motifs is 2. The Hall–Kier alpha value is -1.19. The van der Waals surface area contributed by atoms with E-state index < -0.39 is 0 Å². The van der Waals surface area contributed by atoms with E-state index in [2.05, 4.69) is 38.1 Å². The highest BCUT2D eigenvalue weighted by Crippen LogP contribution is 2.63. The molecule has 1 heterocycles. The summed E-state index contributed by atoms with van der Waals surface area (Å²) in [5, 5.41) is 8.32. The normalized spacial score (nSPS) is 34.6. The van der Waals surface area contributed by atoms with Gasteiger partial charge in [-0.25, -0.2) is 4.68 Å². The van der Waals surface area contributed by atoms with E-state index in [-0.39, 0.29) is 0 Å². The van der Waals surface area contributed by atoms with Gasteiger partial charge in [0, 0.05) is 12.6 Å². The molecule has 4 nitrogen and oxygen atoms in total. The second-order valence-corrected chi connectivity index (χ2v) is 7.66. The molecule has 0 aromatic carbocycles. The van der Waals surface area contributed by atoms with E-state index >= 15 is 0 Å². The maximum absolute atomic E-state index is 6.24. The van der Waals surface area contributed by atoms with Gasteiger partial charge in [0.15, 0.2) is 0 Å². The Morgan fingerprint density at radius 3 is 2.65 bits per heavy atom. The Morgan fingerprint density at radius 2 is 2.10 bits per heavy atom. The minimum absolute atomic E-state index is 0.330. The molecule has 1 aromatic heterocycles. The fraction of sp³-hybridized carbons (Fsp3) is 0.812. The first kappa shape index (κ1) is 13.8. The van der Waals surface area contributed by atoms with E-state index in [1.807, 2.05) is 11.6 Å². The van der Waals surface area contributed by atoms with Gasteiger partial charge in [0.25, 0.3) is 0 Å². The van der Waals surface area contributed by atoms with Crippen LogP contribution < -0.4 is 11.1 Å². The molecule has 0 spiro atoms. The van der Waals surface area contributed by atoms with Crippen molar-refractivity contribution in [3.05, 3.63) is 5.69 Å². The average Bonchev–Trinajstić information content (AvgIpc) is 2.95. The Balaban J connectivity index is 1.95. The zero-order valence-electron chi connectivity index (χ0n) is 13.5. The third-order valence-electron chi connectivity index (χ3n) is 6.02. The van der Waals surface area contributed by atoms with Crippen LogP contribution in [0.1, 0.15) is 52.7 Å². The predicted octanol–water partition coefficient (Wildman–Crippen LogP) is 3.42. The number of nitrogens with zero attached hydrogens (tertiary/aromatic N) is 2. The summed E-state index contributed by atoms with van der Waals surface area (Å²) < 4.78 is 2.01. The number of nitrogens with one attached hydrogen (secondary N) is 1. The number of aromatic nitrogens is 2. The number of hydrogen-bond donors (Lipinski definition) is 2. The van der Waals surface area contributed by atoms with Crippen molar-refractivity contribution in [1.82, 2.24) is 9.78 Å². The average molecular weight is 276 g/mol. The quantitative estimate of drug-likeness (QED) is 0.889. The molecule has 0 amide bonds. The summed E-state index contributed by atoms with van der Waals surface area (Å²) in [6.07, 6.45) is 4.05. The molecule has 2 fully saturated rings. The third-order valence-corrected chi connectivity index (χ3v) is 6.02. The van der Waals surface area contributed by atoms with Crippen LogP contribution in [0, 0.1) is 23.7 Å². The zero-order valence-corrected chi connectivity index (χ0v) is 13.5. The number of aryl methyl sites for hydroxylation is 2. The summed E-state index contributed by atoms with van der Waals surface area (Å²) in [4.78, 5) is 0. The van der Waals surface area contributed by atoms with Crippen LogP contribution in [0.2, 0.25) is 0 Å². The van der Waals surface area contributed by atoms with Gasteiger partial charge in [-0.1, -0.05) is 20.8 Å². The standard InChI is InChI=1S/C16H28N4/c1-6-20-13(12(17)10(2)19-20)18-14-15(3,4)11-7-8-16(14,5)9-11/h11,14,18H,6-9,17H2,1-5H3. The maximum atomic E-state index is 6.24. The Kier molecular flexibility index (Phi) is 2.86. The van der Waals surface area contributed by atoms with E-state index in [0.717, 1.165) is 29.7 Å². The number of rotatable bonds is 3. The first-order valence-corrected chi connectivity index (χ1v) is 7.89. The molecule has 3 unspecified atom stereocenters. The molecular weight excluding hydrogens is 248 g/mol. The van der Waals surface area contributed by atoms with Crippen LogP contribution in [0.3, 0.4) is 0 Å². The molecule has 2 saturated carbocycles. The van der Waals surface area contributed by atoms with Gasteiger partial charge in [0.1, 0.15) is 5.82 Å². The lowest BCUT2D eigenvalue weighted by Gasteiger charge is -2.43. The SMILES string of the molecule is CCn1nc(C)c(N)c1NC1C2(C)CCC(C2)C1(C)C. The van der Waals surface area contributed by atoms with Gasteiger partial charge in [-0.15, -0.1) is 0 Å². The lowest BCUT2D eigenvalue weighted by molar-refractivity contribution is 0.155. The molecule has 1 aromatic rings. The van der Waals surface area contributed by atoms with Crippen molar-refractivity contribution in [1.29, 1.82) is 0 Å². The van der Waals surface area contributed by atoms with Gasteiger partial charge < -0.3 is 11.1 Å². The molecule has 112 valence electrons. The van der Waals surface area contributed by atoms with Gasteiger partial charge in [0.05, 0.1) is 11.4 Å². The van der Waals surface area contributed by atoms with Gasteiger partial charge >= 0.3 is 0 Å². The van der Waals surface area contributed by atoms with Gasteiger partial charge in [-0.3, -0.25) is 0 Å². The first-order valence-electron chi connectivity index (χ1n) is 7.89. The minimum atomic E-state index is 0.330. The van der Waals surface area contributed by atoms with Crippen LogP contribution in [0.5, 0.6) is 0 Å². The number of hydrogen-bond acceptors (Lipinski definition) is 3. The van der Waals surface area contributed by atoms with Crippen LogP contribution in [-0.4, -0.2) is 15.8 Å². The second-order valence-electron chi connectivity index (χ2n) is 7.66. The monoisotopic (exact) mass is 276 g/mol. The molecule has 0 aliphatic heterocycles. The molecule has 2 bridgehead atoms. The van der Waals surface area contributed by atoms with E-state index in [1.165, 1.54) is 19.3 Å². The van der Waals surface area contributed by atoms with E-state index in [9.17, 15) is 0 Å². The smallest absolute Gasteiger partial charge is 0.148 e. The first-order chi connectivity index (χ1) is 9.29. The summed E-state index contributed by atoms with van der Waals surface area (Å²) in [7, 11) is 0. The fourth-order valence-corrected chi connectivity index (χ4v) is 4.78. The van der Waals surface area contributed by atoms with Crippen molar-refractivity contribution in [2.75, 3.05) is 11.1 Å². The van der Waals surface area contributed by atoms with E-state index in [1.54, 1.807) is 0 Å². The molecule has 0 saturated heterocycles. The number of nitrogens with two attached hydrogens (primary N) is 1. The van der Waals surface area contributed by atoms with Crippen molar-refractivity contribution in [3.63, 3.8) is 0 Å². The fourth-order valence-electron chi connectivity index (χ4n) is 4.78. The van der Waals surface area contributed by atoms with Crippen LogP contribution in [0.4, 0.5) is 11.5 Å². The molecular formula is C16H28N4. The van der Waals surface area contributed by atoms with Crippen LogP contribution in [0.25, 0.3) is 0 Å². The minimum Gasteiger partial charge on any atom is -0.394 e. The van der Waals surface area contributed by atoms with Crippen LogP contribution in [0.15, 0.2) is 0 Å². The predicted molar refractivity (Wildman–Crippen MR) is 83.7 cm³/mol. The molecule has 4 heteroatoms. The highest BCUT2D eigenvalue weighted by atomic mass is 15.3. The molecule has 0 radical (unpaired) electrons. The Bertz CT molecular complexity index is 526. The number of nitrogen functional groups attached to an aromatic ring is 1. The Morgan fingerprint density at radius 1 is 1.40 bits per heavy atom. The van der Waals surface area contributed by atoms with Crippen molar-refractivity contribution in [2.24, 2.45) is 16.7 Å². The molecule has 2 aliphatic carbocycles. The second kappa shape index (κ2) is 4.15. The zero-order chi connectivity index (χ0) is 14.7. The Labute approximate surface area is 122 Å². The largest absolute Gasteiger partial charge is 0.394 e. The molecule has 3 rings (SSSR count).